The highest BCUT2D eigenvalue weighted by atomic mass is 35.5. The van der Waals surface area contributed by atoms with Crippen molar-refractivity contribution in [2.24, 2.45) is 0 Å². The van der Waals surface area contributed by atoms with E-state index in [2.05, 4.69) is 4.72 Å². The SMILES string of the molecule is CCCCS(=O)(=O)Nc1cc(Cl)c(C)cc1OC. The van der Waals surface area contributed by atoms with Gasteiger partial charge in [-0.1, -0.05) is 24.9 Å². The van der Waals surface area contributed by atoms with E-state index in [0.29, 0.717) is 22.9 Å². The second kappa shape index (κ2) is 6.29. The number of unbranched alkanes of at least 4 members (excludes halogenated alkanes) is 1. The summed E-state index contributed by atoms with van der Waals surface area (Å²) in [6, 6.07) is 3.28. The van der Waals surface area contributed by atoms with Crippen LogP contribution in [-0.4, -0.2) is 21.3 Å². The fourth-order valence-corrected chi connectivity index (χ4v) is 2.89. The van der Waals surface area contributed by atoms with E-state index in [0.717, 1.165) is 12.0 Å². The zero-order valence-corrected chi connectivity index (χ0v) is 12.4. The molecule has 0 amide bonds. The number of ether oxygens (including phenoxy) is 1. The van der Waals surface area contributed by atoms with E-state index in [1.807, 2.05) is 13.8 Å². The average molecular weight is 292 g/mol. The molecular weight excluding hydrogens is 274 g/mol. The van der Waals surface area contributed by atoms with E-state index in [1.54, 1.807) is 12.1 Å². The molecule has 0 fully saturated rings. The molecule has 1 aromatic carbocycles. The summed E-state index contributed by atoms with van der Waals surface area (Å²) in [6.07, 6.45) is 1.45. The summed E-state index contributed by atoms with van der Waals surface area (Å²) >= 11 is 5.99. The van der Waals surface area contributed by atoms with Crippen molar-refractivity contribution in [1.82, 2.24) is 0 Å². The lowest BCUT2D eigenvalue weighted by Crippen LogP contribution is -2.17. The average Bonchev–Trinajstić information content (AvgIpc) is 2.30. The highest BCUT2D eigenvalue weighted by molar-refractivity contribution is 7.92. The molecule has 0 aliphatic carbocycles. The molecule has 0 bridgehead atoms. The molecule has 0 saturated carbocycles. The molecule has 0 spiro atoms. The van der Waals surface area contributed by atoms with Gasteiger partial charge in [0.25, 0.3) is 0 Å². The van der Waals surface area contributed by atoms with Crippen LogP contribution in [0.5, 0.6) is 5.75 Å². The Kier molecular flexibility index (Phi) is 5.28. The van der Waals surface area contributed by atoms with Crippen LogP contribution >= 0.6 is 11.6 Å². The Hall–Kier alpha value is -0.940. The summed E-state index contributed by atoms with van der Waals surface area (Å²) in [6.45, 7) is 3.78. The first-order chi connectivity index (χ1) is 8.39. The molecule has 6 heteroatoms. The molecule has 4 nitrogen and oxygen atoms in total. The summed E-state index contributed by atoms with van der Waals surface area (Å²) in [5.74, 6) is 0.565. The van der Waals surface area contributed by atoms with Crippen LogP contribution < -0.4 is 9.46 Å². The number of anilines is 1. The first-order valence-electron chi connectivity index (χ1n) is 5.74. The van der Waals surface area contributed by atoms with E-state index in [-0.39, 0.29) is 5.75 Å². The zero-order valence-electron chi connectivity index (χ0n) is 10.8. The number of aryl methyl sites for hydroxylation is 1. The molecule has 1 aromatic rings. The van der Waals surface area contributed by atoms with Gasteiger partial charge >= 0.3 is 0 Å². The molecule has 0 aromatic heterocycles. The van der Waals surface area contributed by atoms with Crippen molar-refractivity contribution >= 4 is 27.3 Å². The van der Waals surface area contributed by atoms with Gasteiger partial charge in [0.15, 0.2) is 0 Å². The van der Waals surface area contributed by atoms with Crippen LogP contribution in [0.2, 0.25) is 5.02 Å². The molecule has 0 unspecified atom stereocenters. The second-order valence-corrected chi connectivity index (χ2v) is 6.33. The molecule has 1 rings (SSSR count). The highest BCUT2D eigenvalue weighted by Crippen LogP contribution is 2.31. The maximum absolute atomic E-state index is 11.8. The minimum atomic E-state index is -3.35. The smallest absolute Gasteiger partial charge is 0.232 e. The number of halogens is 1. The summed E-state index contributed by atoms with van der Waals surface area (Å²) in [4.78, 5) is 0. The summed E-state index contributed by atoms with van der Waals surface area (Å²) < 4.78 is 31.3. The van der Waals surface area contributed by atoms with Crippen LogP contribution in [0, 0.1) is 6.92 Å². The predicted molar refractivity (Wildman–Crippen MR) is 75.1 cm³/mol. The molecule has 0 radical (unpaired) electrons. The van der Waals surface area contributed by atoms with Gasteiger partial charge in [0.1, 0.15) is 5.75 Å². The Morgan fingerprint density at radius 2 is 2.06 bits per heavy atom. The van der Waals surface area contributed by atoms with Gasteiger partial charge in [-0.25, -0.2) is 8.42 Å². The molecule has 102 valence electrons. The van der Waals surface area contributed by atoms with Gasteiger partial charge in [0.2, 0.25) is 10.0 Å². The van der Waals surface area contributed by atoms with Crippen molar-refractivity contribution in [3.05, 3.63) is 22.7 Å². The predicted octanol–water partition coefficient (Wildman–Crippen LogP) is 3.20. The van der Waals surface area contributed by atoms with E-state index in [1.165, 1.54) is 7.11 Å². The molecule has 0 saturated heterocycles. The maximum atomic E-state index is 11.8. The third-order valence-corrected chi connectivity index (χ3v) is 4.28. The second-order valence-electron chi connectivity index (χ2n) is 4.08. The Bertz CT molecular complexity index is 514. The quantitative estimate of drug-likeness (QED) is 0.875. The Morgan fingerprint density at radius 1 is 1.39 bits per heavy atom. The van der Waals surface area contributed by atoms with Crippen LogP contribution in [0.1, 0.15) is 25.3 Å². The van der Waals surface area contributed by atoms with Gasteiger partial charge in [0.05, 0.1) is 18.6 Å². The fraction of sp³-hybridized carbons (Fsp3) is 0.500. The fourth-order valence-electron chi connectivity index (χ4n) is 1.46. The van der Waals surface area contributed by atoms with Crippen LogP contribution in [0.4, 0.5) is 5.69 Å². The number of rotatable bonds is 6. The number of sulfonamides is 1. The monoisotopic (exact) mass is 291 g/mol. The lowest BCUT2D eigenvalue weighted by atomic mass is 10.2. The number of nitrogens with one attached hydrogen (secondary N) is 1. The number of hydrogen-bond donors (Lipinski definition) is 1. The molecule has 1 N–H and O–H groups in total. The van der Waals surface area contributed by atoms with E-state index < -0.39 is 10.0 Å². The number of benzene rings is 1. The number of methoxy groups -OCH3 is 1. The molecule has 0 atom stereocenters. The van der Waals surface area contributed by atoms with E-state index in [9.17, 15) is 8.42 Å². The maximum Gasteiger partial charge on any atom is 0.232 e. The van der Waals surface area contributed by atoms with Gasteiger partial charge in [0, 0.05) is 5.02 Å². The number of hydrogen-bond acceptors (Lipinski definition) is 3. The van der Waals surface area contributed by atoms with Gasteiger partial charge in [-0.2, -0.15) is 0 Å². The van der Waals surface area contributed by atoms with Crippen LogP contribution in [0.25, 0.3) is 0 Å². The standard InChI is InChI=1S/C12H18ClNO3S/c1-4-5-6-18(15,16)14-11-8-10(13)9(2)7-12(11)17-3/h7-8,14H,4-6H2,1-3H3. The van der Waals surface area contributed by atoms with Crippen molar-refractivity contribution in [2.45, 2.75) is 26.7 Å². The normalized spacial score (nSPS) is 11.3. The van der Waals surface area contributed by atoms with Gasteiger partial charge in [-0.05, 0) is 31.0 Å². The Morgan fingerprint density at radius 3 is 2.61 bits per heavy atom. The largest absolute Gasteiger partial charge is 0.495 e. The van der Waals surface area contributed by atoms with Crippen LogP contribution in [-0.2, 0) is 10.0 Å². The lowest BCUT2D eigenvalue weighted by Gasteiger charge is -2.13. The van der Waals surface area contributed by atoms with Gasteiger partial charge in [-0.3, -0.25) is 4.72 Å². The molecule has 0 aliphatic rings. The first-order valence-corrected chi connectivity index (χ1v) is 7.77. The van der Waals surface area contributed by atoms with Gasteiger partial charge in [-0.15, -0.1) is 0 Å². The molecule has 0 heterocycles. The Labute approximate surface area is 113 Å². The molecule has 18 heavy (non-hydrogen) atoms. The minimum Gasteiger partial charge on any atom is -0.495 e. The van der Waals surface area contributed by atoms with Crippen LogP contribution in [0.15, 0.2) is 12.1 Å². The lowest BCUT2D eigenvalue weighted by molar-refractivity contribution is 0.416. The zero-order chi connectivity index (χ0) is 13.8. The topological polar surface area (TPSA) is 55.4 Å². The van der Waals surface area contributed by atoms with Crippen molar-refractivity contribution in [3.63, 3.8) is 0 Å². The third-order valence-electron chi connectivity index (χ3n) is 2.51. The van der Waals surface area contributed by atoms with Crippen molar-refractivity contribution < 1.29 is 13.2 Å². The van der Waals surface area contributed by atoms with E-state index >= 15 is 0 Å². The van der Waals surface area contributed by atoms with Crippen molar-refractivity contribution in [2.75, 3.05) is 17.6 Å². The van der Waals surface area contributed by atoms with E-state index in [4.69, 9.17) is 16.3 Å². The highest BCUT2D eigenvalue weighted by Gasteiger charge is 2.14. The minimum absolute atomic E-state index is 0.0954. The Balaban J connectivity index is 3.00. The molecule has 0 aliphatic heterocycles. The van der Waals surface area contributed by atoms with Crippen LogP contribution in [0.3, 0.4) is 0 Å². The first kappa shape index (κ1) is 15.1. The summed E-state index contributed by atoms with van der Waals surface area (Å²) in [5.41, 5.74) is 1.22. The van der Waals surface area contributed by atoms with Crippen molar-refractivity contribution in [3.8, 4) is 5.75 Å². The van der Waals surface area contributed by atoms with Crippen molar-refractivity contribution in [1.29, 1.82) is 0 Å². The van der Waals surface area contributed by atoms with Gasteiger partial charge < -0.3 is 4.74 Å². The summed E-state index contributed by atoms with van der Waals surface area (Å²) in [5, 5.41) is 0.504. The molecular formula is C12H18ClNO3S. The summed E-state index contributed by atoms with van der Waals surface area (Å²) in [7, 11) is -1.86. The third kappa shape index (κ3) is 4.07.